The molecule has 4 N–H and O–H groups in total. The first-order valence-corrected chi connectivity index (χ1v) is 5.58. The molecule has 0 unspecified atom stereocenters. The van der Waals surface area contributed by atoms with E-state index in [4.69, 9.17) is 5.73 Å². The molecular formula is C11H16N4O3. The van der Waals surface area contributed by atoms with Crippen LogP contribution in [0.3, 0.4) is 0 Å². The lowest BCUT2D eigenvalue weighted by atomic mass is 10.2. The van der Waals surface area contributed by atoms with Crippen LogP contribution in [0.15, 0.2) is 18.2 Å². The van der Waals surface area contributed by atoms with E-state index in [-0.39, 0.29) is 23.8 Å². The highest BCUT2D eigenvalue weighted by molar-refractivity contribution is 5.81. The van der Waals surface area contributed by atoms with Gasteiger partial charge < -0.3 is 16.4 Å². The normalized spacial score (nSPS) is 9.83. The van der Waals surface area contributed by atoms with Gasteiger partial charge in [-0.05, 0) is 12.5 Å². The van der Waals surface area contributed by atoms with E-state index >= 15 is 0 Å². The minimum absolute atomic E-state index is 0.0562. The van der Waals surface area contributed by atoms with E-state index < -0.39 is 4.92 Å². The van der Waals surface area contributed by atoms with Gasteiger partial charge >= 0.3 is 0 Å². The number of nitrogens with two attached hydrogens (primary N) is 1. The average molecular weight is 252 g/mol. The van der Waals surface area contributed by atoms with Gasteiger partial charge in [-0.15, -0.1) is 0 Å². The van der Waals surface area contributed by atoms with Crippen molar-refractivity contribution in [3.8, 4) is 0 Å². The molecule has 0 heterocycles. The number of nitrogens with one attached hydrogen (secondary N) is 2. The summed E-state index contributed by atoms with van der Waals surface area (Å²) in [5.74, 6) is -0.165. The van der Waals surface area contributed by atoms with Gasteiger partial charge in [0.25, 0.3) is 5.69 Å². The molecule has 0 aromatic heterocycles. The molecule has 0 atom stereocenters. The number of nitrogen functional groups attached to an aromatic ring is 1. The molecule has 1 rings (SSSR count). The number of nitrogens with zero attached hydrogens (tertiary/aromatic N) is 1. The fourth-order valence-electron chi connectivity index (χ4n) is 1.35. The van der Waals surface area contributed by atoms with Gasteiger partial charge in [0.2, 0.25) is 5.91 Å². The van der Waals surface area contributed by atoms with Crippen LogP contribution in [-0.4, -0.2) is 23.9 Å². The molecule has 1 amide bonds. The zero-order chi connectivity index (χ0) is 13.5. The lowest BCUT2D eigenvalue weighted by molar-refractivity contribution is -0.384. The Kier molecular flexibility index (Phi) is 4.91. The summed E-state index contributed by atoms with van der Waals surface area (Å²) in [6, 6.07) is 4.14. The van der Waals surface area contributed by atoms with Gasteiger partial charge in [-0.3, -0.25) is 14.9 Å². The van der Waals surface area contributed by atoms with Crippen LogP contribution in [0.1, 0.15) is 13.3 Å². The van der Waals surface area contributed by atoms with Crippen molar-refractivity contribution < 1.29 is 9.72 Å². The van der Waals surface area contributed by atoms with E-state index in [2.05, 4.69) is 10.6 Å². The molecule has 0 saturated carbocycles. The summed E-state index contributed by atoms with van der Waals surface area (Å²) in [7, 11) is 0. The summed E-state index contributed by atoms with van der Waals surface area (Å²) in [5, 5.41) is 16.1. The Labute approximate surface area is 105 Å². The van der Waals surface area contributed by atoms with Gasteiger partial charge in [0.1, 0.15) is 0 Å². The molecule has 0 aliphatic heterocycles. The van der Waals surface area contributed by atoms with Crippen molar-refractivity contribution in [2.75, 3.05) is 24.1 Å². The molecule has 18 heavy (non-hydrogen) atoms. The van der Waals surface area contributed by atoms with Crippen molar-refractivity contribution >= 4 is 23.0 Å². The molecule has 0 fully saturated rings. The second kappa shape index (κ2) is 6.43. The predicted molar refractivity (Wildman–Crippen MR) is 69.3 cm³/mol. The number of nitro groups is 1. The van der Waals surface area contributed by atoms with Gasteiger partial charge in [0.15, 0.2) is 0 Å². The van der Waals surface area contributed by atoms with E-state index in [9.17, 15) is 14.9 Å². The number of anilines is 2. The van der Waals surface area contributed by atoms with Crippen molar-refractivity contribution in [2.45, 2.75) is 13.3 Å². The molecule has 1 aromatic rings. The summed E-state index contributed by atoms with van der Waals surface area (Å²) in [4.78, 5) is 21.4. The molecule has 7 heteroatoms. The van der Waals surface area contributed by atoms with Gasteiger partial charge in [0.05, 0.1) is 11.5 Å². The molecule has 0 spiro atoms. The summed E-state index contributed by atoms with van der Waals surface area (Å²) < 4.78 is 0. The summed E-state index contributed by atoms with van der Waals surface area (Å²) in [6.45, 7) is 2.62. The Balaban J connectivity index is 2.62. The number of carbonyl (C=O) groups excluding carboxylic acids is 1. The Hall–Kier alpha value is -2.31. The Morgan fingerprint density at radius 2 is 2.17 bits per heavy atom. The van der Waals surface area contributed by atoms with E-state index in [1.165, 1.54) is 12.1 Å². The SMILES string of the molecule is CCCNC(=O)CNc1cc(N)cc([N+](=O)[O-])c1. The number of rotatable bonds is 6. The fraction of sp³-hybridized carbons (Fsp3) is 0.364. The summed E-state index contributed by atoms with van der Waals surface area (Å²) in [5.41, 5.74) is 6.16. The quantitative estimate of drug-likeness (QED) is 0.399. The molecule has 0 aliphatic carbocycles. The van der Waals surface area contributed by atoms with Crippen LogP contribution in [0.4, 0.5) is 17.1 Å². The average Bonchev–Trinajstić information content (AvgIpc) is 2.33. The Bertz CT molecular complexity index is 448. The number of nitro benzene ring substituents is 1. The van der Waals surface area contributed by atoms with Gasteiger partial charge in [-0.25, -0.2) is 0 Å². The maximum atomic E-state index is 11.3. The van der Waals surface area contributed by atoms with Crippen molar-refractivity contribution in [3.05, 3.63) is 28.3 Å². The molecule has 7 nitrogen and oxygen atoms in total. The largest absolute Gasteiger partial charge is 0.398 e. The zero-order valence-electron chi connectivity index (χ0n) is 10.1. The molecular weight excluding hydrogens is 236 g/mol. The van der Waals surface area contributed by atoms with Crippen molar-refractivity contribution in [3.63, 3.8) is 0 Å². The van der Waals surface area contributed by atoms with Crippen LogP contribution in [0, 0.1) is 10.1 Å². The summed E-state index contributed by atoms with van der Waals surface area (Å²) in [6.07, 6.45) is 0.857. The zero-order valence-corrected chi connectivity index (χ0v) is 10.1. The van der Waals surface area contributed by atoms with E-state index in [0.717, 1.165) is 6.42 Å². The third-order valence-electron chi connectivity index (χ3n) is 2.18. The first-order valence-electron chi connectivity index (χ1n) is 5.58. The number of carbonyl (C=O) groups is 1. The first-order chi connectivity index (χ1) is 8.52. The van der Waals surface area contributed by atoms with Crippen molar-refractivity contribution in [1.29, 1.82) is 0 Å². The number of non-ortho nitro benzene ring substituents is 1. The Morgan fingerprint density at radius 1 is 1.44 bits per heavy atom. The highest BCUT2D eigenvalue weighted by Gasteiger charge is 2.09. The minimum atomic E-state index is -0.529. The molecule has 0 radical (unpaired) electrons. The van der Waals surface area contributed by atoms with Crippen LogP contribution in [0.5, 0.6) is 0 Å². The number of amides is 1. The predicted octanol–water partition coefficient (Wildman–Crippen LogP) is 1.12. The van der Waals surface area contributed by atoms with Crippen molar-refractivity contribution in [2.24, 2.45) is 0 Å². The van der Waals surface area contributed by atoms with E-state index in [0.29, 0.717) is 12.2 Å². The highest BCUT2D eigenvalue weighted by atomic mass is 16.6. The molecule has 98 valence electrons. The molecule has 0 saturated heterocycles. The van der Waals surface area contributed by atoms with Crippen LogP contribution < -0.4 is 16.4 Å². The fourth-order valence-corrected chi connectivity index (χ4v) is 1.35. The van der Waals surface area contributed by atoms with E-state index in [1.807, 2.05) is 6.92 Å². The van der Waals surface area contributed by atoms with Gasteiger partial charge in [-0.1, -0.05) is 6.92 Å². The minimum Gasteiger partial charge on any atom is -0.398 e. The summed E-state index contributed by atoms with van der Waals surface area (Å²) >= 11 is 0. The lowest BCUT2D eigenvalue weighted by Gasteiger charge is -2.07. The second-order valence-corrected chi connectivity index (χ2v) is 3.77. The second-order valence-electron chi connectivity index (χ2n) is 3.77. The third kappa shape index (κ3) is 4.28. The number of hydrogen-bond acceptors (Lipinski definition) is 5. The van der Waals surface area contributed by atoms with Crippen LogP contribution in [-0.2, 0) is 4.79 Å². The van der Waals surface area contributed by atoms with Crippen LogP contribution >= 0.6 is 0 Å². The standard InChI is InChI=1S/C11H16N4O3/c1-2-3-13-11(16)7-14-9-4-8(12)5-10(6-9)15(17)18/h4-6,14H,2-3,7,12H2,1H3,(H,13,16). The first kappa shape index (κ1) is 13.8. The molecule has 0 aliphatic rings. The van der Waals surface area contributed by atoms with Crippen LogP contribution in [0.25, 0.3) is 0 Å². The van der Waals surface area contributed by atoms with Gasteiger partial charge in [-0.2, -0.15) is 0 Å². The van der Waals surface area contributed by atoms with E-state index in [1.54, 1.807) is 6.07 Å². The maximum Gasteiger partial charge on any atom is 0.273 e. The monoisotopic (exact) mass is 252 g/mol. The number of hydrogen-bond donors (Lipinski definition) is 3. The maximum absolute atomic E-state index is 11.3. The number of benzene rings is 1. The lowest BCUT2D eigenvalue weighted by Crippen LogP contribution is -2.30. The highest BCUT2D eigenvalue weighted by Crippen LogP contribution is 2.21. The van der Waals surface area contributed by atoms with Crippen LogP contribution in [0.2, 0.25) is 0 Å². The smallest absolute Gasteiger partial charge is 0.273 e. The van der Waals surface area contributed by atoms with Crippen molar-refractivity contribution in [1.82, 2.24) is 5.32 Å². The molecule has 0 bridgehead atoms. The Morgan fingerprint density at radius 3 is 2.78 bits per heavy atom. The molecule has 1 aromatic carbocycles. The third-order valence-corrected chi connectivity index (χ3v) is 2.18. The van der Waals surface area contributed by atoms with Gasteiger partial charge in [0, 0.05) is 30.1 Å². The topological polar surface area (TPSA) is 110 Å².